The maximum absolute atomic E-state index is 12.9. The number of para-hydroxylation sites is 1. The molecule has 0 unspecified atom stereocenters. The van der Waals surface area contributed by atoms with Crippen molar-refractivity contribution in [1.82, 2.24) is 9.88 Å². The van der Waals surface area contributed by atoms with E-state index in [0.717, 1.165) is 22.2 Å². The number of nitrogens with one attached hydrogen (secondary N) is 1. The van der Waals surface area contributed by atoms with Gasteiger partial charge in [0, 0.05) is 23.0 Å². The molecule has 2 N–H and O–H groups in total. The van der Waals surface area contributed by atoms with E-state index in [-0.39, 0.29) is 11.6 Å². The van der Waals surface area contributed by atoms with Gasteiger partial charge in [0.15, 0.2) is 11.5 Å². The largest absolute Gasteiger partial charge is 0.504 e. The van der Waals surface area contributed by atoms with Gasteiger partial charge in [0.05, 0.1) is 20.3 Å². The standard InChI is InChI=1S/C22H21ClN2O5/c1-29-18-8-7-12(9-17(18)26)21-20-14(13-5-3-4-6-15(13)24-20)10-16(22(28)30-2)25(21)19(27)11-23/h3-9,16,21,24,26H,10-11H2,1-2H3/t16-,21+/m1/s1. The number of fused-ring (bicyclic) bond motifs is 3. The van der Waals surface area contributed by atoms with Gasteiger partial charge in [-0.25, -0.2) is 4.79 Å². The summed E-state index contributed by atoms with van der Waals surface area (Å²) in [6.45, 7) is 0. The number of aromatic amines is 1. The van der Waals surface area contributed by atoms with Crippen molar-refractivity contribution in [3.8, 4) is 11.5 Å². The number of aromatic hydroxyl groups is 1. The number of halogens is 1. The van der Waals surface area contributed by atoms with Crippen molar-refractivity contribution >= 4 is 34.4 Å². The summed E-state index contributed by atoms with van der Waals surface area (Å²) in [7, 11) is 2.76. The quantitative estimate of drug-likeness (QED) is 0.492. The van der Waals surface area contributed by atoms with Crippen LogP contribution in [0.15, 0.2) is 42.5 Å². The number of phenols is 1. The lowest BCUT2D eigenvalue weighted by molar-refractivity contribution is -0.154. The number of alkyl halides is 1. The lowest BCUT2D eigenvalue weighted by Gasteiger charge is -2.40. The van der Waals surface area contributed by atoms with Gasteiger partial charge in [-0.2, -0.15) is 0 Å². The lowest BCUT2D eigenvalue weighted by Crippen LogP contribution is -2.52. The molecule has 0 bridgehead atoms. The molecule has 30 heavy (non-hydrogen) atoms. The third-order valence-electron chi connectivity index (χ3n) is 5.53. The summed E-state index contributed by atoms with van der Waals surface area (Å²) in [5, 5.41) is 11.3. The number of H-pyrrole nitrogens is 1. The number of phenolic OH excluding ortho intramolecular Hbond substituents is 1. The summed E-state index contributed by atoms with van der Waals surface area (Å²) in [5.41, 5.74) is 3.22. The van der Waals surface area contributed by atoms with E-state index < -0.39 is 24.0 Å². The number of esters is 1. The number of aromatic nitrogens is 1. The second-order valence-electron chi connectivity index (χ2n) is 7.07. The van der Waals surface area contributed by atoms with Gasteiger partial charge in [0.2, 0.25) is 5.91 Å². The Balaban J connectivity index is 1.98. The molecule has 0 saturated carbocycles. The third-order valence-corrected chi connectivity index (χ3v) is 5.75. The van der Waals surface area contributed by atoms with E-state index >= 15 is 0 Å². The summed E-state index contributed by atoms with van der Waals surface area (Å²) in [4.78, 5) is 30.4. The third kappa shape index (κ3) is 3.15. The molecule has 1 aliphatic heterocycles. The molecule has 3 aromatic rings. The molecule has 0 spiro atoms. The van der Waals surface area contributed by atoms with Crippen LogP contribution in [0.4, 0.5) is 0 Å². The molecule has 1 aliphatic rings. The van der Waals surface area contributed by atoms with Crippen LogP contribution in [0.3, 0.4) is 0 Å². The molecule has 0 aliphatic carbocycles. The molecule has 2 aromatic carbocycles. The van der Waals surface area contributed by atoms with E-state index in [4.69, 9.17) is 21.1 Å². The van der Waals surface area contributed by atoms with Crippen molar-refractivity contribution < 1.29 is 24.2 Å². The van der Waals surface area contributed by atoms with E-state index in [9.17, 15) is 14.7 Å². The average molecular weight is 429 g/mol. The highest BCUT2D eigenvalue weighted by Gasteiger charge is 2.43. The van der Waals surface area contributed by atoms with Crippen molar-refractivity contribution in [2.45, 2.75) is 18.5 Å². The molecular formula is C22H21ClN2O5. The van der Waals surface area contributed by atoms with E-state index in [1.807, 2.05) is 24.3 Å². The molecule has 0 fully saturated rings. The van der Waals surface area contributed by atoms with Crippen LogP contribution in [-0.2, 0) is 20.7 Å². The first-order valence-corrected chi connectivity index (χ1v) is 9.95. The molecule has 1 amide bonds. The maximum atomic E-state index is 12.9. The van der Waals surface area contributed by atoms with Gasteiger partial charge in [-0.3, -0.25) is 4.79 Å². The minimum atomic E-state index is -0.845. The Morgan fingerprint density at radius 3 is 2.67 bits per heavy atom. The fourth-order valence-electron chi connectivity index (χ4n) is 4.21. The van der Waals surface area contributed by atoms with Crippen LogP contribution in [0, 0.1) is 0 Å². The molecule has 4 rings (SSSR count). The number of methoxy groups -OCH3 is 2. The first-order chi connectivity index (χ1) is 14.5. The van der Waals surface area contributed by atoms with Crippen molar-refractivity contribution in [3.05, 3.63) is 59.3 Å². The van der Waals surface area contributed by atoms with Gasteiger partial charge < -0.3 is 24.5 Å². The van der Waals surface area contributed by atoms with Gasteiger partial charge >= 0.3 is 5.97 Å². The van der Waals surface area contributed by atoms with Crippen molar-refractivity contribution in [3.63, 3.8) is 0 Å². The highest BCUT2D eigenvalue weighted by atomic mass is 35.5. The number of nitrogens with zero attached hydrogens (tertiary/aromatic N) is 1. The molecule has 8 heteroatoms. The number of benzene rings is 2. The van der Waals surface area contributed by atoms with E-state index in [1.54, 1.807) is 12.1 Å². The predicted octanol–water partition coefficient (Wildman–Crippen LogP) is 3.14. The normalized spacial score (nSPS) is 18.2. The summed E-state index contributed by atoms with van der Waals surface area (Å²) in [5.74, 6) is -0.970. The van der Waals surface area contributed by atoms with Crippen LogP contribution in [0.5, 0.6) is 11.5 Å². The molecule has 2 heterocycles. The monoisotopic (exact) mass is 428 g/mol. The first kappa shape index (κ1) is 20.1. The number of ether oxygens (including phenoxy) is 2. The number of hydrogen-bond donors (Lipinski definition) is 2. The van der Waals surface area contributed by atoms with Gasteiger partial charge in [-0.05, 0) is 29.3 Å². The van der Waals surface area contributed by atoms with E-state index in [0.29, 0.717) is 17.7 Å². The van der Waals surface area contributed by atoms with Gasteiger partial charge in [-0.15, -0.1) is 11.6 Å². The van der Waals surface area contributed by atoms with Crippen LogP contribution in [0.1, 0.15) is 22.9 Å². The SMILES string of the molecule is COC(=O)[C@H]1Cc2c([nH]c3ccccc23)[C@H](c2ccc(OC)c(O)c2)N1C(=O)CCl. The second kappa shape index (κ2) is 7.91. The molecular weight excluding hydrogens is 408 g/mol. The molecule has 156 valence electrons. The Morgan fingerprint density at radius 1 is 1.23 bits per heavy atom. The predicted molar refractivity (Wildman–Crippen MR) is 112 cm³/mol. The fraction of sp³-hybridized carbons (Fsp3) is 0.273. The summed E-state index contributed by atoms with van der Waals surface area (Å²) < 4.78 is 10.2. The lowest BCUT2D eigenvalue weighted by atomic mass is 9.87. The molecule has 0 radical (unpaired) electrons. The summed E-state index contributed by atoms with van der Waals surface area (Å²) >= 11 is 5.91. The Hall–Kier alpha value is -3.19. The van der Waals surface area contributed by atoms with Gasteiger partial charge in [0.25, 0.3) is 0 Å². The fourth-order valence-corrected chi connectivity index (χ4v) is 4.35. The minimum absolute atomic E-state index is 0.0638. The first-order valence-electron chi connectivity index (χ1n) is 9.41. The molecule has 1 aromatic heterocycles. The van der Waals surface area contributed by atoms with Crippen LogP contribution in [-0.4, -0.2) is 53.0 Å². The van der Waals surface area contributed by atoms with Gasteiger partial charge in [0.1, 0.15) is 11.9 Å². The zero-order valence-corrected chi connectivity index (χ0v) is 17.3. The number of rotatable bonds is 4. The van der Waals surface area contributed by atoms with Crippen molar-refractivity contribution in [2.75, 3.05) is 20.1 Å². The number of carbonyl (C=O) groups is 2. The summed E-state index contributed by atoms with van der Waals surface area (Å²) in [6, 6.07) is 11.2. The Bertz CT molecular complexity index is 1130. The number of amides is 1. The Labute approximate surface area is 178 Å². The zero-order chi connectivity index (χ0) is 21.4. The Morgan fingerprint density at radius 2 is 2.00 bits per heavy atom. The molecule has 2 atom stereocenters. The smallest absolute Gasteiger partial charge is 0.328 e. The Kier molecular flexibility index (Phi) is 5.30. The zero-order valence-electron chi connectivity index (χ0n) is 16.5. The summed E-state index contributed by atoms with van der Waals surface area (Å²) in [6.07, 6.45) is 0.299. The van der Waals surface area contributed by atoms with Crippen molar-refractivity contribution in [2.24, 2.45) is 0 Å². The highest BCUT2D eigenvalue weighted by molar-refractivity contribution is 6.27. The van der Waals surface area contributed by atoms with E-state index in [1.165, 1.54) is 25.2 Å². The van der Waals surface area contributed by atoms with Crippen LogP contribution in [0.2, 0.25) is 0 Å². The molecule has 0 saturated heterocycles. The van der Waals surface area contributed by atoms with E-state index in [2.05, 4.69) is 4.98 Å². The second-order valence-corrected chi connectivity index (χ2v) is 7.34. The number of carbonyl (C=O) groups excluding carboxylic acids is 2. The van der Waals surface area contributed by atoms with Crippen molar-refractivity contribution in [1.29, 1.82) is 0 Å². The molecule has 7 nitrogen and oxygen atoms in total. The topological polar surface area (TPSA) is 91.9 Å². The average Bonchev–Trinajstić information content (AvgIpc) is 3.15. The van der Waals surface area contributed by atoms with Gasteiger partial charge in [-0.1, -0.05) is 24.3 Å². The minimum Gasteiger partial charge on any atom is -0.504 e. The van der Waals surface area contributed by atoms with Crippen LogP contribution < -0.4 is 4.74 Å². The maximum Gasteiger partial charge on any atom is 0.328 e. The number of hydrogen-bond acceptors (Lipinski definition) is 5. The highest BCUT2D eigenvalue weighted by Crippen LogP contribution is 2.43. The van der Waals surface area contributed by atoms with Crippen LogP contribution >= 0.6 is 11.6 Å². The van der Waals surface area contributed by atoms with Crippen LogP contribution in [0.25, 0.3) is 10.9 Å².